The maximum atomic E-state index is 12.6. The molecule has 0 aliphatic carbocycles. The number of hydrogen-bond acceptors (Lipinski definition) is 5. The summed E-state index contributed by atoms with van der Waals surface area (Å²) in [7, 11) is 0. The summed E-state index contributed by atoms with van der Waals surface area (Å²) in [5.74, 6) is -1.02. The lowest BCUT2D eigenvalue weighted by Crippen LogP contribution is -2.48. The molecular formula is C21H28N4O4. The van der Waals surface area contributed by atoms with Gasteiger partial charge in [-0.15, -0.1) is 0 Å². The Morgan fingerprint density at radius 1 is 1.31 bits per heavy atom. The van der Waals surface area contributed by atoms with Crippen molar-refractivity contribution in [1.82, 2.24) is 20.4 Å². The van der Waals surface area contributed by atoms with E-state index in [-0.39, 0.29) is 36.5 Å². The van der Waals surface area contributed by atoms with Crippen molar-refractivity contribution in [3.63, 3.8) is 0 Å². The van der Waals surface area contributed by atoms with Crippen LogP contribution in [0.25, 0.3) is 10.9 Å². The summed E-state index contributed by atoms with van der Waals surface area (Å²) in [5, 5.41) is 10.2. The monoisotopic (exact) mass is 400 g/mol. The number of amides is 2. The molecule has 0 bridgehead atoms. The molecule has 0 spiro atoms. The third-order valence-corrected chi connectivity index (χ3v) is 5.34. The van der Waals surface area contributed by atoms with Crippen LogP contribution >= 0.6 is 0 Å². The van der Waals surface area contributed by atoms with Crippen LogP contribution < -0.4 is 5.32 Å². The third kappa shape index (κ3) is 4.93. The topological polar surface area (TPSA) is 104 Å². The van der Waals surface area contributed by atoms with Gasteiger partial charge in [0.25, 0.3) is 11.8 Å². The smallest absolute Gasteiger partial charge is 0.308 e. The molecule has 2 atom stereocenters. The van der Waals surface area contributed by atoms with E-state index >= 15 is 0 Å². The predicted octanol–water partition coefficient (Wildman–Crippen LogP) is 2.41. The number of para-hydroxylation sites is 1. The molecule has 8 nitrogen and oxygen atoms in total. The fraction of sp³-hybridized carbons (Fsp3) is 0.524. The molecule has 0 radical (unpaired) electrons. The Labute approximate surface area is 170 Å². The second kappa shape index (κ2) is 9.54. The maximum absolute atomic E-state index is 12.6. The number of carbonyl (C=O) groups is 3. The van der Waals surface area contributed by atoms with Gasteiger partial charge in [-0.2, -0.15) is 5.10 Å². The molecule has 1 aromatic carbocycles. The zero-order valence-electron chi connectivity index (χ0n) is 16.9. The number of rotatable bonds is 7. The van der Waals surface area contributed by atoms with Crippen molar-refractivity contribution in [2.75, 3.05) is 13.1 Å². The van der Waals surface area contributed by atoms with E-state index in [2.05, 4.69) is 22.4 Å². The number of nitrogens with zero attached hydrogens (tertiary/aromatic N) is 2. The van der Waals surface area contributed by atoms with Gasteiger partial charge in [0.15, 0.2) is 11.8 Å². The van der Waals surface area contributed by atoms with Gasteiger partial charge in [0, 0.05) is 24.5 Å². The fourth-order valence-corrected chi connectivity index (χ4v) is 3.75. The number of piperidine rings is 1. The molecule has 1 saturated heterocycles. The molecule has 2 N–H and O–H groups in total. The maximum Gasteiger partial charge on any atom is 0.308 e. The summed E-state index contributed by atoms with van der Waals surface area (Å²) < 4.78 is 5.30. The van der Waals surface area contributed by atoms with E-state index in [1.54, 1.807) is 13.0 Å². The van der Waals surface area contributed by atoms with E-state index in [0.29, 0.717) is 6.54 Å². The number of H-pyrrole nitrogens is 1. The molecule has 1 fully saturated rings. The van der Waals surface area contributed by atoms with Crippen LogP contribution in [0.5, 0.6) is 0 Å². The first-order valence-electron chi connectivity index (χ1n) is 10.2. The zero-order valence-corrected chi connectivity index (χ0v) is 16.9. The summed E-state index contributed by atoms with van der Waals surface area (Å²) in [6.45, 7) is 4.50. The van der Waals surface area contributed by atoms with Crippen molar-refractivity contribution in [1.29, 1.82) is 0 Å². The lowest BCUT2D eigenvalue weighted by atomic mass is 9.99. The van der Waals surface area contributed by atoms with Crippen molar-refractivity contribution >= 4 is 28.7 Å². The van der Waals surface area contributed by atoms with E-state index in [1.807, 2.05) is 23.1 Å². The van der Waals surface area contributed by atoms with Gasteiger partial charge < -0.3 is 15.0 Å². The van der Waals surface area contributed by atoms with Gasteiger partial charge in [0.05, 0.1) is 11.9 Å². The van der Waals surface area contributed by atoms with Crippen LogP contribution in [0.4, 0.5) is 0 Å². The number of carbonyl (C=O) groups excluding carboxylic acids is 3. The lowest BCUT2D eigenvalue weighted by molar-refractivity contribution is -0.160. The molecule has 8 heteroatoms. The van der Waals surface area contributed by atoms with Crippen LogP contribution in [-0.4, -0.2) is 58.1 Å². The van der Waals surface area contributed by atoms with Crippen molar-refractivity contribution in [3.05, 3.63) is 30.0 Å². The van der Waals surface area contributed by atoms with Gasteiger partial charge >= 0.3 is 5.97 Å². The summed E-state index contributed by atoms with van der Waals surface area (Å²) in [4.78, 5) is 38.9. The van der Waals surface area contributed by atoms with Crippen LogP contribution in [-0.2, 0) is 14.3 Å². The lowest BCUT2D eigenvalue weighted by Gasteiger charge is -2.36. The molecule has 3 rings (SSSR count). The minimum absolute atomic E-state index is 0.0110. The number of ether oxygens (including phenoxy) is 1. The highest BCUT2D eigenvalue weighted by atomic mass is 16.5. The van der Waals surface area contributed by atoms with Gasteiger partial charge in [-0.1, -0.05) is 25.1 Å². The van der Waals surface area contributed by atoms with Crippen LogP contribution in [0.2, 0.25) is 0 Å². The molecule has 156 valence electrons. The molecule has 2 unspecified atom stereocenters. The number of nitrogens with one attached hydrogen (secondary N) is 2. The minimum Gasteiger partial charge on any atom is -0.452 e. The zero-order chi connectivity index (χ0) is 20.8. The molecule has 2 heterocycles. The second-order valence-corrected chi connectivity index (χ2v) is 7.35. The van der Waals surface area contributed by atoms with Crippen molar-refractivity contribution in [2.24, 2.45) is 0 Å². The molecular weight excluding hydrogens is 372 g/mol. The summed E-state index contributed by atoms with van der Waals surface area (Å²) in [6.07, 6.45) is 3.18. The van der Waals surface area contributed by atoms with Gasteiger partial charge in [-0.25, -0.2) is 0 Å². The average Bonchev–Trinajstić information content (AvgIpc) is 3.17. The first-order chi connectivity index (χ1) is 14.0. The molecule has 0 saturated carbocycles. The number of esters is 1. The Balaban J connectivity index is 1.45. The first kappa shape index (κ1) is 20.8. The number of fused-ring (bicyclic) bond motifs is 1. The number of hydrogen-bond donors (Lipinski definition) is 2. The van der Waals surface area contributed by atoms with E-state index < -0.39 is 12.1 Å². The summed E-state index contributed by atoms with van der Waals surface area (Å²) >= 11 is 0. The highest BCUT2D eigenvalue weighted by Gasteiger charge is 2.30. The van der Waals surface area contributed by atoms with E-state index in [4.69, 9.17) is 4.74 Å². The highest BCUT2D eigenvalue weighted by molar-refractivity contribution is 6.04. The Kier molecular flexibility index (Phi) is 6.85. The number of aromatic amines is 1. The number of likely N-dealkylation sites (tertiary alicyclic amines) is 1. The van der Waals surface area contributed by atoms with Crippen LogP contribution in [0.15, 0.2) is 24.3 Å². The molecule has 29 heavy (non-hydrogen) atoms. The van der Waals surface area contributed by atoms with Crippen molar-refractivity contribution < 1.29 is 19.1 Å². The fourth-order valence-electron chi connectivity index (χ4n) is 3.75. The van der Waals surface area contributed by atoms with Gasteiger partial charge in [0.2, 0.25) is 0 Å². The SMILES string of the molecule is CCC1CCCCN1C(=O)C(C)OC(=O)CCNC(=O)c1n[nH]c2ccccc12. The highest BCUT2D eigenvalue weighted by Crippen LogP contribution is 2.21. The Morgan fingerprint density at radius 2 is 2.10 bits per heavy atom. The van der Waals surface area contributed by atoms with Gasteiger partial charge in [-0.05, 0) is 38.7 Å². The average molecular weight is 400 g/mol. The van der Waals surface area contributed by atoms with Crippen LogP contribution in [0.1, 0.15) is 56.4 Å². The molecule has 1 aromatic heterocycles. The Bertz CT molecular complexity index is 878. The van der Waals surface area contributed by atoms with Crippen LogP contribution in [0.3, 0.4) is 0 Å². The summed E-state index contributed by atoms with van der Waals surface area (Å²) in [6, 6.07) is 7.54. The third-order valence-electron chi connectivity index (χ3n) is 5.34. The van der Waals surface area contributed by atoms with Gasteiger partial charge in [-0.3, -0.25) is 19.5 Å². The van der Waals surface area contributed by atoms with E-state index in [1.165, 1.54) is 0 Å². The number of benzene rings is 1. The summed E-state index contributed by atoms with van der Waals surface area (Å²) in [5.41, 5.74) is 1.06. The molecule has 2 aromatic rings. The van der Waals surface area contributed by atoms with Crippen molar-refractivity contribution in [2.45, 2.75) is 58.1 Å². The minimum atomic E-state index is -0.819. The normalized spacial score (nSPS) is 17.7. The molecule has 2 amide bonds. The predicted molar refractivity (Wildman–Crippen MR) is 108 cm³/mol. The van der Waals surface area contributed by atoms with Gasteiger partial charge in [0.1, 0.15) is 0 Å². The molecule has 1 aliphatic rings. The Morgan fingerprint density at radius 3 is 2.90 bits per heavy atom. The van der Waals surface area contributed by atoms with E-state index in [9.17, 15) is 14.4 Å². The largest absolute Gasteiger partial charge is 0.452 e. The van der Waals surface area contributed by atoms with Crippen molar-refractivity contribution in [3.8, 4) is 0 Å². The van der Waals surface area contributed by atoms with Crippen LogP contribution in [0, 0.1) is 0 Å². The first-order valence-corrected chi connectivity index (χ1v) is 10.2. The Hall–Kier alpha value is -2.90. The standard InChI is InChI=1S/C21H28N4O4/c1-3-15-8-6-7-13-25(15)21(28)14(2)29-18(26)11-12-22-20(27)19-16-9-4-5-10-17(16)23-24-19/h4-5,9-10,14-15H,3,6-8,11-13H2,1-2H3,(H,22,27)(H,23,24). The quantitative estimate of drug-likeness (QED) is 0.695. The second-order valence-electron chi connectivity index (χ2n) is 7.35. The number of aromatic nitrogens is 2. The molecule has 1 aliphatic heterocycles. The van der Waals surface area contributed by atoms with E-state index in [0.717, 1.165) is 36.6 Å².